The van der Waals surface area contributed by atoms with Crippen molar-refractivity contribution < 1.29 is 0 Å². The van der Waals surface area contributed by atoms with E-state index >= 15 is 0 Å². The van der Waals surface area contributed by atoms with Crippen LogP contribution in [0.1, 0.15) is 0 Å². The Morgan fingerprint density at radius 3 is 2.45 bits per heavy atom. The molecule has 5 rings (SSSR count). The summed E-state index contributed by atoms with van der Waals surface area (Å²) in [5.41, 5.74) is 6.09. The van der Waals surface area contributed by atoms with E-state index < -0.39 is 0 Å². The van der Waals surface area contributed by atoms with Gasteiger partial charge in [-0.05, 0) is 23.8 Å². The molecule has 0 saturated carbocycles. The van der Waals surface area contributed by atoms with Crippen molar-refractivity contribution in [1.82, 2.24) is 9.38 Å². The van der Waals surface area contributed by atoms with Gasteiger partial charge in [0.15, 0.2) is 0 Å². The summed E-state index contributed by atoms with van der Waals surface area (Å²) in [6.45, 7) is 0. The topological polar surface area (TPSA) is 20.2 Å². The van der Waals surface area contributed by atoms with Gasteiger partial charge in [0.05, 0.1) is 11.0 Å². The van der Waals surface area contributed by atoms with Crippen LogP contribution >= 0.6 is 0 Å². The van der Waals surface area contributed by atoms with Gasteiger partial charge in [-0.2, -0.15) is 0 Å². The number of H-pyrrole nitrogens is 1. The fraction of sp³-hybridized carbons (Fsp3) is 0. The number of aromatic amines is 1. The molecule has 0 unspecified atom stereocenters. The molecule has 0 saturated heterocycles. The molecule has 2 heteroatoms. The van der Waals surface area contributed by atoms with Gasteiger partial charge in [0.2, 0.25) is 0 Å². The summed E-state index contributed by atoms with van der Waals surface area (Å²) in [5.74, 6) is 0. The molecular formula is C20H14N2. The van der Waals surface area contributed by atoms with Crippen LogP contribution in [0.5, 0.6) is 0 Å². The van der Waals surface area contributed by atoms with Crippen molar-refractivity contribution in [2.45, 2.75) is 0 Å². The molecule has 0 radical (unpaired) electrons. The number of nitrogens with one attached hydrogen (secondary N) is 1. The van der Waals surface area contributed by atoms with Gasteiger partial charge in [-0.1, -0.05) is 48.5 Å². The van der Waals surface area contributed by atoms with Crippen LogP contribution in [0.4, 0.5) is 0 Å². The average Bonchev–Trinajstić information content (AvgIpc) is 3.16. The van der Waals surface area contributed by atoms with Crippen molar-refractivity contribution >= 4 is 27.3 Å². The standard InChI is InChI=1S/C20H14N2/c1-2-6-14(7-3-1)15-12-19-20-17(10-11-22(19)13-15)16-8-4-5-9-18(16)21-20/h1-13,21H. The Hall–Kier alpha value is -3.00. The third kappa shape index (κ3) is 1.55. The van der Waals surface area contributed by atoms with E-state index in [1.165, 1.54) is 38.4 Å². The second-order valence-electron chi connectivity index (χ2n) is 5.66. The van der Waals surface area contributed by atoms with Crippen molar-refractivity contribution in [2.75, 3.05) is 0 Å². The predicted molar refractivity (Wildman–Crippen MR) is 92.2 cm³/mol. The van der Waals surface area contributed by atoms with Crippen molar-refractivity contribution in [3.8, 4) is 11.1 Å². The molecule has 2 nitrogen and oxygen atoms in total. The van der Waals surface area contributed by atoms with E-state index in [-0.39, 0.29) is 0 Å². The molecular weight excluding hydrogens is 268 g/mol. The van der Waals surface area contributed by atoms with E-state index in [1.807, 2.05) is 0 Å². The largest absolute Gasteiger partial charge is 0.353 e. The van der Waals surface area contributed by atoms with Gasteiger partial charge in [0, 0.05) is 34.2 Å². The summed E-state index contributed by atoms with van der Waals surface area (Å²) in [4.78, 5) is 3.56. The van der Waals surface area contributed by atoms with E-state index in [2.05, 4.69) is 88.5 Å². The van der Waals surface area contributed by atoms with Crippen molar-refractivity contribution in [3.05, 3.63) is 79.1 Å². The monoisotopic (exact) mass is 282 g/mol. The minimum atomic E-state index is 1.19. The van der Waals surface area contributed by atoms with Gasteiger partial charge in [-0.3, -0.25) is 0 Å². The van der Waals surface area contributed by atoms with E-state index in [0.717, 1.165) is 0 Å². The molecule has 0 aliphatic carbocycles. The summed E-state index contributed by atoms with van der Waals surface area (Å²) in [6.07, 6.45) is 4.33. The third-order valence-corrected chi connectivity index (χ3v) is 4.36. The summed E-state index contributed by atoms with van der Waals surface area (Å²) in [6, 6.07) is 23.4. The lowest BCUT2D eigenvalue weighted by Gasteiger charge is -1.96. The first-order valence-electron chi connectivity index (χ1n) is 7.47. The number of para-hydroxylation sites is 1. The van der Waals surface area contributed by atoms with Crippen LogP contribution in [-0.2, 0) is 0 Å². The summed E-state index contributed by atoms with van der Waals surface area (Å²) in [5, 5.41) is 2.56. The van der Waals surface area contributed by atoms with Gasteiger partial charge < -0.3 is 9.38 Å². The predicted octanol–water partition coefficient (Wildman–Crippen LogP) is 5.24. The lowest BCUT2D eigenvalue weighted by Crippen LogP contribution is -1.81. The number of aromatic nitrogens is 2. The number of fused-ring (bicyclic) bond motifs is 5. The molecule has 0 fully saturated rings. The smallest absolute Gasteiger partial charge is 0.0710 e. The second kappa shape index (κ2) is 4.25. The van der Waals surface area contributed by atoms with Gasteiger partial charge in [0.25, 0.3) is 0 Å². The number of nitrogens with zero attached hydrogens (tertiary/aromatic N) is 1. The average molecular weight is 282 g/mol. The zero-order valence-corrected chi connectivity index (χ0v) is 12.0. The molecule has 0 bridgehead atoms. The van der Waals surface area contributed by atoms with E-state index in [0.29, 0.717) is 0 Å². The molecule has 0 aliphatic heterocycles. The lowest BCUT2D eigenvalue weighted by atomic mass is 10.1. The molecule has 0 atom stereocenters. The summed E-state index contributed by atoms with van der Waals surface area (Å²) >= 11 is 0. The molecule has 3 heterocycles. The maximum absolute atomic E-state index is 3.56. The first kappa shape index (κ1) is 11.6. The van der Waals surface area contributed by atoms with Crippen molar-refractivity contribution in [2.24, 2.45) is 0 Å². The molecule has 1 N–H and O–H groups in total. The highest BCUT2D eigenvalue weighted by atomic mass is 14.9. The molecule has 5 aromatic rings. The minimum Gasteiger partial charge on any atom is -0.353 e. The Bertz CT molecular complexity index is 1110. The first-order valence-corrected chi connectivity index (χ1v) is 7.47. The Balaban J connectivity index is 1.87. The molecule has 3 aromatic heterocycles. The Kier molecular flexibility index (Phi) is 2.25. The first-order chi connectivity index (χ1) is 10.9. The van der Waals surface area contributed by atoms with Gasteiger partial charge in [-0.25, -0.2) is 0 Å². The van der Waals surface area contributed by atoms with Crippen LogP contribution < -0.4 is 0 Å². The molecule has 2 aromatic carbocycles. The zero-order valence-electron chi connectivity index (χ0n) is 12.0. The van der Waals surface area contributed by atoms with Crippen molar-refractivity contribution in [3.63, 3.8) is 0 Å². The third-order valence-electron chi connectivity index (χ3n) is 4.36. The number of hydrogen-bond acceptors (Lipinski definition) is 0. The van der Waals surface area contributed by atoms with Crippen LogP contribution in [0.15, 0.2) is 79.1 Å². The Morgan fingerprint density at radius 2 is 1.55 bits per heavy atom. The number of hydrogen-bond donors (Lipinski definition) is 1. The number of rotatable bonds is 1. The highest BCUT2D eigenvalue weighted by Gasteiger charge is 2.09. The maximum Gasteiger partial charge on any atom is 0.0710 e. The van der Waals surface area contributed by atoms with Gasteiger partial charge in [0.1, 0.15) is 0 Å². The van der Waals surface area contributed by atoms with Gasteiger partial charge >= 0.3 is 0 Å². The number of benzene rings is 2. The van der Waals surface area contributed by atoms with Crippen LogP contribution in [0, 0.1) is 0 Å². The van der Waals surface area contributed by atoms with E-state index in [9.17, 15) is 0 Å². The van der Waals surface area contributed by atoms with Crippen LogP contribution in [-0.4, -0.2) is 9.38 Å². The molecule has 0 aliphatic rings. The second-order valence-corrected chi connectivity index (χ2v) is 5.66. The van der Waals surface area contributed by atoms with Crippen LogP contribution in [0.2, 0.25) is 0 Å². The van der Waals surface area contributed by atoms with Gasteiger partial charge in [-0.15, -0.1) is 0 Å². The highest BCUT2D eigenvalue weighted by molar-refractivity contribution is 6.12. The molecule has 104 valence electrons. The Morgan fingerprint density at radius 1 is 0.727 bits per heavy atom. The fourth-order valence-corrected chi connectivity index (χ4v) is 3.29. The molecule has 0 amide bonds. The maximum atomic E-state index is 3.56. The van der Waals surface area contributed by atoms with E-state index in [1.54, 1.807) is 0 Å². The SMILES string of the molecule is c1ccc(-c2cc3c4[nH]c5ccccc5c4ccn3c2)cc1. The normalized spacial score (nSPS) is 11.6. The minimum absolute atomic E-state index is 1.19. The van der Waals surface area contributed by atoms with Crippen LogP contribution in [0.25, 0.3) is 38.4 Å². The lowest BCUT2D eigenvalue weighted by molar-refractivity contribution is 1.21. The summed E-state index contributed by atoms with van der Waals surface area (Å²) < 4.78 is 2.19. The quantitative estimate of drug-likeness (QED) is 0.434. The zero-order chi connectivity index (χ0) is 14.5. The van der Waals surface area contributed by atoms with E-state index in [4.69, 9.17) is 0 Å². The van der Waals surface area contributed by atoms with Crippen LogP contribution in [0.3, 0.4) is 0 Å². The van der Waals surface area contributed by atoms with Crippen molar-refractivity contribution in [1.29, 1.82) is 0 Å². The highest BCUT2D eigenvalue weighted by Crippen LogP contribution is 2.31. The molecule has 22 heavy (non-hydrogen) atoms. The fourth-order valence-electron chi connectivity index (χ4n) is 3.29. The molecule has 0 spiro atoms. The number of pyridine rings is 1. The summed E-state index contributed by atoms with van der Waals surface area (Å²) in [7, 11) is 0. The Labute approximate surface area is 127 Å².